The molecule has 14 heteroatoms. The lowest BCUT2D eigenvalue weighted by molar-refractivity contribution is -0.137. The van der Waals surface area contributed by atoms with Crippen molar-refractivity contribution >= 4 is 48.9 Å². The van der Waals surface area contributed by atoms with Crippen LogP contribution in [0.3, 0.4) is 0 Å². The maximum atomic E-state index is 13.1. The molecule has 1 saturated heterocycles. The number of halogens is 4. The third-order valence-electron chi connectivity index (χ3n) is 5.97. The second kappa shape index (κ2) is 11.2. The smallest absolute Gasteiger partial charge is 0.322 e. The summed E-state index contributed by atoms with van der Waals surface area (Å²) in [6.45, 7) is 1.03. The van der Waals surface area contributed by atoms with Gasteiger partial charge in [0.05, 0.1) is 21.2 Å². The summed E-state index contributed by atoms with van der Waals surface area (Å²) < 4.78 is 93.0. The Hall–Kier alpha value is -3.13. The number of carbonyl (C=O) groups is 1. The zero-order valence-electron chi connectivity index (χ0n) is 20.2. The highest BCUT2D eigenvalue weighted by Crippen LogP contribution is 2.36. The van der Waals surface area contributed by atoms with E-state index in [4.69, 9.17) is 11.6 Å². The fourth-order valence-electron chi connectivity index (χ4n) is 3.96. The predicted octanol–water partition coefficient (Wildman–Crippen LogP) is 5.34. The van der Waals surface area contributed by atoms with E-state index in [1.807, 2.05) is 0 Å². The number of hydrogen-bond acceptors (Lipinski definition) is 5. The van der Waals surface area contributed by atoms with Gasteiger partial charge in [0.1, 0.15) is 0 Å². The van der Waals surface area contributed by atoms with Crippen molar-refractivity contribution in [2.75, 3.05) is 23.1 Å². The highest BCUT2D eigenvalue weighted by Gasteiger charge is 2.33. The van der Waals surface area contributed by atoms with Gasteiger partial charge in [-0.2, -0.15) is 13.2 Å². The van der Waals surface area contributed by atoms with Gasteiger partial charge in [-0.25, -0.2) is 21.1 Å². The van der Waals surface area contributed by atoms with Gasteiger partial charge in [0.25, 0.3) is 15.9 Å². The topological polar surface area (TPSA) is 113 Å². The van der Waals surface area contributed by atoms with Crippen molar-refractivity contribution in [1.82, 2.24) is 4.31 Å². The van der Waals surface area contributed by atoms with Crippen LogP contribution in [0.5, 0.6) is 0 Å². The lowest BCUT2D eigenvalue weighted by Gasteiger charge is -2.15. The van der Waals surface area contributed by atoms with Crippen molar-refractivity contribution in [3.05, 3.63) is 88.4 Å². The van der Waals surface area contributed by atoms with Gasteiger partial charge in [-0.15, -0.1) is 0 Å². The van der Waals surface area contributed by atoms with Gasteiger partial charge in [0.2, 0.25) is 10.0 Å². The fraction of sp³-hybridized carbons (Fsp3) is 0.240. The number of rotatable bonds is 8. The molecule has 1 fully saturated rings. The van der Waals surface area contributed by atoms with Crippen molar-refractivity contribution < 1.29 is 34.8 Å². The van der Waals surface area contributed by atoms with E-state index in [0.717, 1.165) is 25.0 Å². The SMILES string of the molecule is O=C(Nc1ccc(S(=O)(=O)Nc2ccc(Cl)c(C(F)(F)F)c2)cc1)c1ccc(CS(=O)(=O)N2CCCC2)cc1. The Bertz CT molecular complexity index is 1570. The Balaban J connectivity index is 1.40. The zero-order valence-corrected chi connectivity index (χ0v) is 22.6. The molecule has 39 heavy (non-hydrogen) atoms. The Morgan fingerprint density at radius 3 is 2.05 bits per heavy atom. The number of nitrogens with zero attached hydrogens (tertiary/aromatic N) is 1. The molecule has 208 valence electrons. The molecule has 4 rings (SSSR count). The zero-order chi connectivity index (χ0) is 28.4. The van der Waals surface area contributed by atoms with Crippen LogP contribution >= 0.6 is 11.6 Å². The number of nitrogens with one attached hydrogen (secondary N) is 2. The van der Waals surface area contributed by atoms with Crippen molar-refractivity contribution in [1.29, 1.82) is 0 Å². The monoisotopic (exact) mass is 601 g/mol. The molecule has 0 unspecified atom stereocenters. The molecule has 3 aromatic rings. The molecule has 0 aliphatic carbocycles. The molecule has 1 aliphatic heterocycles. The van der Waals surface area contributed by atoms with Crippen molar-refractivity contribution in [2.24, 2.45) is 0 Å². The van der Waals surface area contributed by atoms with E-state index in [2.05, 4.69) is 10.0 Å². The number of anilines is 2. The van der Waals surface area contributed by atoms with Gasteiger partial charge in [0, 0.05) is 30.0 Å². The first-order valence-corrected chi connectivity index (χ1v) is 15.1. The summed E-state index contributed by atoms with van der Waals surface area (Å²) >= 11 is 5.57. The van der Waals surface area contributed by atoms with E-state index in [0.29, 0.717) is 24.7 Å². The van der Waals surface area contributed by atoms with Crippen LogP contribution in [0.2, 0.25) is 5.02 Å². The lowest BCUT2D eigenvalue weighted by Crippen LogP contribution is -2.29. The summed E-state index contributed by atoms with van der Waals surface area (Å²) in [6, 6.07) is 13.8. The Labute approximate surface area is 228 Å². The minimum absolute atomic E-state index is 0.160. The van der Waals surface area contributed by atoms with Crippen LogP contribution < -0.4 is 10.0 Å². The average molecular weight is 602 g/mol. The molecule has 8 nitrogen and oxygen atoms in total. The number of carbonyl (C=O) groups excluding carboxylic acids is 1. The molecule has 1 amide bonds. The first-order chi connectivity index (χ1) is 18.2. The van der Waals surface area contributed by atoms with E-state index in [1.165, 1.54) is 40.7 Å². The number of sulfonamides is 2. The summed E-state index contributed by atoms with van der Waals surface area (Å²) in [5.74, 6) is -0.662. The minimum atomic E-state index is -4.76. The number of amides is 1. The standard InChI is InChI=1S/C25H23ClF3N3O5S2/c26-23-12-9-20(15-22(23)25(27,28)29)31-39(36,37)21-10-7-19(8-11-21)30-24(33)18-5-3-17(4-6-18)16-38(34,35)32-13-1-2-14-32/h3-12,15,31H,1-2,13-14,16H2,(H,30,33). The van der Waals surface area contributed by atoms with E-state index in [1.54, 1.807) is 12.1 Å². The van der Waals surface area contributed by atoms with Gasteiger partial charge in [-0.1, -0.05) is 23.7 Å². The molecule has 1 heterocycles. The van der Waals surface area contributed by atoms with Crippen LogP contribution in [0, 0.1) is 0 Å². The van der Waals surface area contributed by atoms with E-state index in [9.17, 15) is 34.8 Å². The van der Waals surface area contributed by atoms with Gasteiger partial charge < -0.3 is 5.32 Å². The largest absolute Gasteiger partial charge is 0.417 e. The first kappa shape index (κ1) is 28.9. The lowest BCUT2D eigenvalue weighted by atomic mass is 10.1. The van der Waals surface area contributed by atoms with Gasteiger partial charge in [0.15, 0.2) is 0 Å². The molecular formula is C25H23ClF3N3O5S2. The Kier molecular flexibility index (Phi) is 8.26. The number of alkyl halides is 3. The molecule has 3 aromatic carbocycles. The predicted molar refractivity (Wildman–Crippen MR) is 142 cm³/mol. The quantitative estimate of drug-likeness (QED) is 0.362. The van der Waals surface area contributed by atoms with Crippen LogP contribution in [0.1, 0.15) is 34.3 Å². The number of hydrogen-bond donors (Lipinski definition) is 2. The van der Waals surface area contributed by atoms with Crippen molar-refractivity contribution in [3.8, 4) is 0 Å². The highest BCUT2D eigenvalue weighted by molar-refractivity contribution is 7.92. The normalized spacial score (nSPS) is 14.8. The molecule has 0 bridgehead atoms. The molecule has 0 radical (unpaired) electrons. The Morgan fingerprint density at radius 1 is 0.872 bits per heavy atom. The van der Waals surface area contributed by atoms with Crippen LogP contribution in [-0.4, -0.2) is 40.1 Å². The summed E-state index contributed by atoms with van der Waals surface area (Å²) in [5.41, 5.74) is -0.419. The highest BCUT2D eigenvalue weighted by atomic mass is 35.5. The van der Waals surface area contributed by atoms with Crippen LogP contribution in [0.4, 0.5) is 24.5 Å². The van der Waals surface area contributed by atoms with Crippen LogP contribution in [0.25, 0.3) is 0 Å². The van der Waals surface area contributed by atoms with E-state index in [-0.39, 0.29) is 27.6 Å². The summed E-state index contributed by atoms with van der Waals surface area (Å²) in [7, 11) is -7.66. The molecule has 0 spiro atoms. The second-order valence-corrected chi connectivity index (χ2v) is 12.9. The molecule has 0 atom stereocenters. The fourth-order valence-corrected chi connectivity index (χ4v) is 6.85. The third kappa shape index (κ3) is 7.10. The Morgan fingerprint density at radius 2 is 1.46 bits per heavy atom. The van der Waals surface area contributed by atoms with Gasteiger partial charge in [-0.3, -0.25) is 9.52 Å². The molecule has 2 N–H and O–H groups in total. The second-order valence-electron chi connectivity index (χ2n) is 8.84. The van der Waals surface area contributed by atoms with E-state index < -0.39 is 42.7 Å². The summed E-state index contributed by atoms with van der Waals surface area (Å²) in [4.78, 5) is 12.4. The van der Waals surface area contributed by atoms with Gasteiger partial charge in [-0.05, 0) is 73.0 Å². The maximum absolute atomic E-state index is 13.1. The van der Waals surface area contributed by atoms with Crippen molar-refractivity contribution in [2.45, 2.75) is 29.7 Å². The average Bonchev–Trinajstić information content (AvgIpc) is 3.41. The van der Waals surface area contributed by atoms with Crippen molar-refractivity contribution in [3.63, 3.8) is 0 Å². The minimum Gasteiger partial charge on any atom is -0.322 e. The summed E-state index contributed by atoms with van der Waals surface area (Å²) in [6.07, 6.45) is -3.08. The van der Waals surface area contributed by atoms with Crippen LogP contribution in [-0.2, 0) is 32.0 Å². The molecule has 1 aliphatic rings. The first-order valence-electron chi connectivity index (χ1n) is 11.6. The van der Waals surface area contributed by atoms with E-state index >= 15 is 0 Å². The molecule has 0 saturated carbocycles. The third-order valence-corrected chi connectivity index (χ3v) is 9.55. The molecular weight excluding hydrogens is 579 g/mol. The molecule has 0 aromatic heterocycles. The van der Waals surface area contributed by atoms with Gasteiger partial charge >= 0.3 is 6.18 Å². The van der Waals surface area contributed by atoms with Crippen LogP contribution in [0.15, 0.2) is 71.6 Å². The number of benzene rings is 3. The maximum Gasteiger partial charge on any atom is 0.417 e. The summed E-state index contributed by atoms with van der Waals surface area (Å²) in [5, 5.41) is 2.05.